The van der Waals surface area contributed by atoms with Crippen LogP contribution >= 0.6 is 35.3 Å². The Hall–Kier alpha value is -1.17. The number of hydrogen-bond donors (Lipinski definition) is 2. The Morgan fingerprint density at radius 3 is 2.54 bits per heavy atom. The van der Waals surface area contributed by atoms with Gasteiger partial charge in [-0.1, -0.05) is 12.5 Å². The molecule has 6 nitrogen and oxygen atoms in total. The normalized spacial score (nSPS) is 15.9. The molecular weight excluding hydrogens is 507 g/mol. The quantitative estimate of drug-likeness (QED) is 0.344. The minimum absolute atomic E-state index is 0. The molecule has 0 aliphatic carbocycles. The predicted molar refractivity (Wildman–Crippen MR) is 127 cm³/mol. The lowest BCUT2D eigenvalue weighted by Crippen LogP contribution is -2.35. The van der Waals surface area contributed by atoms with E-state index in [0.717, 1.165) is 29.8 Å². The summed E-state index contributed by atoms with van der Waals surface area (Å²) in [7, 11) is -3.38. The number of sulfonamides is 1. The van der Waals surface area contributed by atoms with E-state index in [9.17, 15) is 8.42 Å². The van der Waals surface area contributed by atoms with Gasteiger partial charge in [-0.2, -0.15) is 4.31 Å². The molecule has 3 N–H and O–H groups in total. The fraction of sp³-hybridized carbons (Fsp3) is 0.421. The van der Waals surface area contributed by atoms with Crippen LogP contribution in [0.25, 0.3) is 0 Å². The number of aryl methyl sites for hydroxylation is 2. The molecule has 1 fully saturated rings. The second-order valence-electron chi connectivity index (χ2n) is 6.81. The van der Waals surface area contributed by atoms with Crippen molar-refractivity contribution in [1.82, 2.24) is 4.31 Å². The molecule has 1 aromatic heterocycles. The minimum atomic E-state index is -3.38. The van der Waals surface area contributed by atoms with Gasteiger partial charge in [-0.05, 0) is 62.1 Å². The summed E-state index contributed by atoms with van der Waals surface area (Å²) in [6, 6.07) is 9.49. The molecule has 0 saturated carbocycles. The summed E-state index contributed by atoms with van der Waals surface area (Å²) in [6.07, 6.45) is 2.97. The fourth-order valence-corrected chi connectivity index (χ4v) is 5.94. The maximum absolute atomic E-state index is 12.7. The number of nitrogens with zero attached hydrogens (tertiary/aromatic N) is 2. The van der Waals surface area contributed by atoms with Gasteiger partial charge in [0.1, 0.15) is 4.21 Å². The maximum Gasteiger partial charge on any atom is 0.252 e. The van der Waals surface area contributed by atoms with Crippen LogP contribution in [0.4, 0.5) is 5.69 Å². The van der Waals surface area contributed by atoms with E-state index in [1.54, 1.807) is 10.4 Å². The highest BCUT2D eigenvalue weighted by molar-refractivity contribution is 14.0. The summed E-state index contributed by atoms with van der Waals surface area (Å²) >= 11 is 1.27. The van der Waals surface area contributed by atoms with Crippen LogP contribution in [-0.4, -0.2) is 31.8 Å². The van der Waals surface area contributed by atoms with Gasteiger partial charge < -0.3 is 11.1 Å². The lowest BCUT2D eigenvalue weighted by atomic mass is 10.1. The number of nitrogens with two attached hydrogens (primary N) is 1. The summed E-state index contributed by atoms with van der Waals surface area (Å²) in [4.78, 5) is 5.21. The predicted octanol–water partition coefficient (Wildman–Crippen LogP) is 4.08. The van der Waals surface area contributed by atoms with Crippen LogP contribution in [0.3, 0.4) is 0 Å². The lowest BCUT2D eigenvalue weighted by Gasteiger charge is -2.25. The molecule has 3 rings (SSSR count). The van der Waals surface area contributed by atoms with Crippen molar-refractivity contribution in [1.29, 1.82) is 0 Å². The van der Waals surface area contributed by atoms with E-state index in [1.165, 1.54) is 22.5 Å². The molecule has 2 aromatic rings. The van der Waals surface area contributed by atoms with Gasteiger partial charge in [0.2, 0.25) is 0 Å². The highest BCUT2D eigenvalue weighted by atomic mass is 127. The Kier molecular flexibility index (Phi) is 8.29. The second-order valence-corrected chi connectivity index (χ2v) is 10.1. The number of piperidine rings is 1. The third-order valence-electron chi connectivity index (χ3n) is 4.73. The van der Waals surface area contributed by atoms with Crippen molar-refractivity contribution in [2.45, 2.75) is 43.9 Å². The zero-order valence-corrected chi connectivity index (χ0v) is 20.1. The topological polar surface area (TPSA) is 87.8 Å². The van der Waals surface area contributed by atoms with Gasteiger partial charge in [0.15, 0.2) is 5.96 Å². The van der Waals surface area contributed by atoms with Crippen molar-refractivity contribution >= 4 is 57.0 Å². The molecular formula is C19H27IN4O2S2. The van der Waals surface area contributed by atoms with Gasteiger partial charge >= 0.3 is 0 Å². The molecule has 0 amide bonds. The Balaban J connectivity index is 0.00000280. The number of benzene rings is 1. The molecule has 0 atom stereocenters. The molecule has 2 heterocycles. The third kappa shape index (κ3) is 5.68. The van der Waals surface area contributed by atoms with Crippen molar-refractivity contribution in [3.63, 3.8) is 0 Å². The fourth-order valence-electron chi connectivity index (χ4n) is 2.98. The standard InChI is InChI=1S/C19H26N4O2S2.HI/c1-14-6-7-16(12-15(14)2)22-19(20)21-13-17-8-9-18(26-17)27(24,25)23-10-4-3-5-11-23;/h6-9,12H,3-5,10-11,13H2,1-2H3,(H3,20,21,22);1H. The first kappa shape index (κ1) is 23.1. The summed E-state index contributed by atoms with van der Waals surface area (Å²) in [6.45, 7) is 5.68. The average molecular weight is 534 g/mol. The van der Waals surface area contributed by atoms with Crippen molar-refractivity contribution in [2.24, 2.45) is 10.7 Å². The van der Waals surface area contributed by atoms with Crippen LogP contribution in [0, 0.1) is 13.8 Å². The molecule has 0 radical (unpaired) electrons. The van der Waals surface area contributed by atoms with Gasteiger partial charge in [-0.15, -0.1) is 35.3 Å². The largest absolute Gasteiger partial charge is 0.370 e. The monoisotopic (exact) mass is 534 g/mol. The van der Waals surface area contributed by atoms with Gasteiger partial charge in [0, 0.05) is 23.7 Å². The Bertz CT molecular complexity index is 935. The van der Waals surface area contributed by atoms with Crippen molar-refractivity contribution in [3.8, 4) is 0 Å². The van der Waals surface area contributed by atoms with Crippen LogP contribution in [-0.2, 0) is 16.6 Å². The summed E-state index contributed by atoms with van der Waals surface area (Å²) in [5.41, 5.74) is 9.25. The van der Waals surface area contributed by atoms with E-state index in [1.807, 2.05) is 31.2 Å². The number of thiophene rings is 1. The summed E-state index contributed by atoms with van der Waals surface area (Å²) in [5, 5.41) is 3.07. The molecule has 28 heavy (non-hydrogen) atoms. The first-order chi connectivity index (χ1) is 12.9. The zero-order valence-electron chi connectivity index (χ0n) is 16.1. The number of guanidine groups is 1. The first-order valence-electron chi connectivity index (χ1n) is 9.09. The smallest absolute Gasteiger partial charge is 0.252 e. The molecule has 0 spiro atoms. The average Bonchev–Trinajstić information content (AvgIpc) is 3.14. The minimum Gasteiger partial charge on any atom is -0.370 e. The molecule has 1 aromatic carbocycles. The van der Waals surface area contributed by atoms with E-state index in [-0.39, 0.29) is 24.0 Å². The number of nitrogens with one attached hydrogen (secondary N) is 1. The number of halogens is 1. The van der Waals surface area contributed by atoms with E-state index < -0.39 is 10.0 Å². The Morgan fingerprint density at radius 2 is 1.86 bits per heavy atom. The summed E-state index contributed by atoms with van der Waals surface area (Å²) < 4.78 is 27.4. The van der Waals surface area contributed by atoms with Crippen LogP contribution in [0.5, 0.6) is 0 Å². The van der Waals surface area contributed by atoms with E-state index in [0.29, 0.717) is 29.8 Å². The van der Waals surface area contributed by atoms with Crippen LogP contribution in [0.1, 0.15) is 35.3 Å². The lowest BCUT2D eigenvalue weighted by molar-refractivity contribution is 0.347. The number of aliphatic imine (C=N–C) groups is 1. The molecule has 9 heteroatoms. The van der Waals surface area contributed by atoms with E-state index in [2.05, 4.69) is 17.2 Å². The zero-order chi connectivity index (χ0) is 19.4. The maximum atomic E-state index is 12.7. The van der Waals surface area contributed by atoms with Gasteiger partial charge in [0.05, 0.1) is 6.54 Å². The van der Waals surface area contributed by atoms with Crippen LogP contribution in [0.15, 0.2) is 39.5 Å². The second kappa shape index (κ2) is 10.0. The van der Waals surface area contributed by atoms with Gasteiger partial charge in [-0.25, -0.2) is 13.4 Å². The summed E-state index contributed by atoms with van der Waals surface area (Å²) in [5.74, 6) is 0.312. The number of anilines is 1. The van der Waals surface area contributed by atoms with E-state index >= 15 is 0 Å². The molecule has 0 bridgehead atoms. The van der Waals surface area contributed by atoms with Crippen molar-refractivity contribution in [3.05, 3.63) is 46.3 Å². The Morgan fingerprint density at radius 1 is 1.14 bits per heavy atom. The van der Waals surface area contributed by atoms with Crippen LogP contribution in [0.2, 0.25) is 0 Å². The molecule has 154 valence electrons. The first-order valence-corrected chi connectivity index (χ1v) is 11.3. The van der Waals surface area contributed by atoms with Crippen LogP contribution < -0.4 is 11.1 Å². The molecule has 1 saturated heterocycles. The SMILES string of the molecule is Cc1ccc(NC(N)=NCc2ccc(S(=O)(=O)N3CCCCC3)s2)cc1C.I. The number of hydrogen-bond acceptors (Lipinski definition) is 4. The molecule has 1 aliphatic heterocycles. The number of rotatable bonds is 5. The van der Waals surface area contributed by atoms with Crippen molar-refractivity contribution in [2.75, 3.05) is 18.4 Å². The van der Waals surface area contributed by atoms with Gasteiger partial charge in [0.25, 0.3) is 10.0 Å². The van der Waals surface area contributed by atoms with Gasteiger partial charge in [-0.3, -0.25) is 0 Å². The molecule has 0 unspecified atom stereocenters. The Labute approximate surface area is 188 Å². The third-order valence-corrected chi connectivity index (χ3v) is 8.17. The van der Waals surface area contributed by atoms with E-state index in [4.69, 9.17) is 5.73 Å². The van der Waals surface area contributed by atoms with Crippen molar-refractivity contribution < 1.29 is 8.42 Å². The molecule has 1 aliphatic rings. The highest BCUT2D eigenvalue weighted by Crippen LogP contribution is 2.27. The highest BCUT2D eigenvalue weighted by Gasteiger charge is 2.27.